The van der Waals surface area contributed by atoms with Crippen LogP contribution in [0.1, 0.15) is 6.42 Å². The Balaban J connectivity index is 3.67. The zero-order chi connectivity index (χ0) is 9.40. The molecule has 0 atom stereocenters. The maximum atomic E-state index is 4.87. The van der Waals surface area contributed by atoms with E-state index < -0.39 is 0 Å². The van der Waals surface area contributed by atoms with Crippen LogP contribution in [0.3, 0.4) is 0 Å². The van der Waals surface area contributed by atoms with Gasteiger partial charge in [-0.15, -0.1) is 0 Å². The highest BCUT2D eigenvalue weighted by Crippen LogP contribution is 2.01. The molecule has 0 aromatic carbocycles. The minimum absolute atomic E-state index is 0.653. The summed E-state index contributed by atoms with van der Waals surface area (Å²) in [6, 6.07) is 0. The van der Waals surface area contributed by atoms with Crippen LogP contribution in [-0.2, 0) is 4.74 Å². The molecule has 0 aliphatic carbocycles. The van der Waals surface area contributed by atoms with E-state index in [0.29, 0.717) is 5.76 Å². The van der Waals surface area contributed by atoms with Crippen molar-refractivity contribution in [1.29, 1.82) is 0 Å². The van der Waals surface area contributed by atoms with E-state index >= 15 is 0 Å². The number of hydrogen-bond acceptors (Lipinski definition) is 2. The van der Waals surface area contributed by atoms with Crippen LogP contribution in [0.15, 0.2) is 36.6 Å². The van der Waals surface area contributed by atoms with E-state index in [1.54, 1.807) is 7.11 Å². The van der Waals surface area contributed by atoms with Crippen molar-refractivity contribution in [2.45, 2.75) is 6.42 Å². The SMILES string of the molecule is C=C(/C=C\C(=C)OC)CCNC. The number of rotatable bonds is 6. The van der Waals surface area contributed by atoms with E-state index in [1.165, 1.54) is 0 Å². The van der Waals surface area contributed by atoms with Gasteiger partial charge in [0, 0.05) is 0 Å². The fourth-order valence-corrected chi connectivity index (χ4v) is 0.648. The minimum atomic E-state index is 0.653. The molecule has 0 aromatic heterocycles. The van der Waals surface area contributed by atoms with Crippen molar-refractivity contribution in [1.82, 2.24) is 5.32 Å². The van der Waals surface area contributed by atoms with Crippen molar-refractivity contribution in [2.75, 3.05) is 20.7 Å². The third-order valence-corrected chi connectivity index (χ3v) is 1.46. The van der Waals surface area contributed by atoms with E-state index in [1.807, 2.05) is 19.2 Å². The molecule has 1 N–H and O–H groups in total. The van der Waals surface area contributed by atoms with Crippen LogP contribution in [0, 0.1) is 0 Å². The quantitative estimate of drug-likeness (QED) is 0.481. The van der Waals surface area contributed by atoms with E-state index in [-0.39, 0.29) is 0 Å². The lowest BCUT2D eigenvalue weighted by molar-refractivity contribution is 0.309. The third kappa shape index (κ3) is 5.74. The van der Waals surface area contributed by atoms with Gasteiger partial charge in [-0.05, 0) is 26.1 Å². The predicted octanol–water partition coefficient (Wildman–Crippen LogP) is 1.87. The molecule has 0 radical (unpaired) electrons. The lowest BCUT2D eigenvalue weighted by Gasteiger charge is -1.99. The van der Waals surface area contributed by atoms with E-state index in [4.69, 9.17) is 4.74 Å². The molecule has 68 valence electrons. The Morgan fingerprint density at radius 3 is 2.58 bits per heavy atom. The summed E-state index contributed by atoms with van der Waals surface area (Å²) in [5.74, 6) is 0.653. The first kappa shape index (κ1) is 11.0. The topological polar surface area (TPSA) is 21.3 Å². The Bertz CT molecular complexity index is 182. The first-order valence-electron chi connectivity index (χ1n) is 3.94. The molecular weight excluding hydrogens is 150 g/mol. The fraction of sp³-hybridized carbons (Fsp3) is 0.400. The summed E-state index contributed by atoms with van der Waals surface area (Å²) in [6.45, 7) is 8.48. The van der Waals surface area contributed by atoms with Gasteiger partial charge in [0.05, 0.1) is 7.11 Å². The Morgan fingerprint density at radius 2 is 2.08 bits per heavy atom. The van der Waals surface area contributed by atoms with Crippen molar-refractivity contribution < 1.29 is 4.74 Å². The van der Waals surface area contributed by atoms with Gasteiger partial charge in [-0.1, -0.05) is 24.8 Å². The average molecular weight is 167 g/mol. The first-order valence-corrected chi connectivity index (χ1v) is 3.94. The summed E-state index contributed by atoms with van der Waals surface area (Å²) >= 11 is 0. The Morgan fingerprint density at radius 1 is 1.42 bits per heavy atom. The molecule has 0 aliphatic heterocycles. The molecule has 2 nitrogen and oxygen atoms in total. The summed E-state index contributed by atoms with van der Waals surface area (Å²) in [4.78, 5) is 0. The third-order valence-electron chi connectivity index (χ3n) is 1.46. The molecule has 0 aromatic rings. The number of allylic oxidation sites excluding steroid dienone is 2. The number of ether oxygens (including phenoxy) is 1. The normalized spacial score (nSPS) is 10.2. The zero-order valence-electron chi connectivity index (χ0n) is 7.89. The molecule has 0 bridgehead atoms. The molecule has 0 unspecified atom stereocenters. The standard InChI is InChI=1S/C10H17NO/c1-9(7-8-11-3)5-6-10(2)12-4/h5-6,11H,1-2,7-8H2,3-4H3/b6-5-. The molecule has 0 heterocycles. The highest BCUT2D eigenvalue weighted by atomic mass is 16.5. The monoisotopic (exact) mass is 167 g/mol. The van der Waals surface area contributed by atoms with Gasteiger partial charge in [0.1, 0.15) is 5.76 Å². The van der Waals surface area contributed by atoms with E-state index in [2.05, 4.69) is 18.5 Å². The molecule has 0 saturated carbocycles. The summed E-state index contributed by atoms with van der Waals surface area (Å²) < 4.78 is 4.87. The molecule has 12 heavy (non-hydrogen) atoms. The second-order valence-electron chi connectivity index (χ2n) is 2.52. The number of methoxy groups -OCH3 is 1. The van der Waals surface area contributed by atoms with E-state index in [9.17, 15) is 0 Å². The lowest BCUT2D eigenvalue weighted by Crippen LogP contribution is -2.07. The van der Waals surface area contributed by atoms with Gasteiger partial charge in [0.25, 0.3) is 0 Å². The molecule has 0 saturated heterocycles. The second-order valence-corrected chi connectivity index (χ2v) is 2.52. The molecule has 0 rings (SSSR count). The highest BCUT2D eigenvalue weighted by Gasteiger charge is 1.88. The van der Waals surface area contributed by atoms with Gasteiger partial charge < -0.3 is 10.1 Å². The van der Waals surface area contributed by atoms with Crippen molar-refractivity contribution >= 4 is 0 Å². The van der Waals surface area contributed by atoms with Gasteiger partial charge in [0.2, 0.25) is 0 Å². The smallest absolute Gasteiger partial charge is 0.111 e. The van der Waals surface area contributed by atoms with Crippen LogP contribution < -0.4 is 5.32 Å². The van der Waals surface area contributed by atoms with Gasteiger partial charge >= 0.3 is 0 Å². The van der Waals surface area contributed by atoms with Crippen molar-refractivity contribution in [2.24, 2.45) is 0 Å². The van der Waals surface area contributed by atoms with E-state index in [0.717, 1.165) is 18.5 Å². The maximum Gasteiger partial charge on any atom is 0.111 e. The Kier molecular flexibility index (Phi) is 6.11. The van der Waals surface area contributed by atoms with Gasteiger partial charge in [-0.3, -0.25) is 0 Å². The van der Waals surface area contributed by atoms with Crippen LogP contribution in [0.2, 0.25) is 0 Å². The molecule has 0 aliphatic rings. The number of hydrogen-bond donors (Lipinski definition) is 1. The van der Waals surface area contributed by atoms with Crippen LogP contribution in [0.5, 0.6) is 0 Å². The molecular formula is C10H17NO. The van der Waals surface area contributed by atoms with Crippen LogP contribution in [-0.4, -0.2) is 20.7 Å². The summed E-state index contributed by atoms with van der Waals surface area (Å²) in [7, 11) is 3.52. The molecule has 0 amide bonds. The maximum absolute atomic E-state index is 4.87. The zero-order valence-corrected chi connectivity index (χ0v) is 7.89. The van der Waals surface area contributed by atoms with Crippen LogP contribution in [0.4, 0.5) is 0 Å². The van der Waals surface area contributed by atoms with Crippen molar-refractivity contribution in [3.05, 3.63) is 36.6 Å². The molecule has 2 heteroatoms. The Labute approximate surface area is 74.6 Å². The largest absolute Gasteiger partial charge is 0.497 e. The fourth-order valence-electron chi connectivity index (χ4n) is 0.648. The van der Waals surface area contributed by atoms with Gasteiger partial charge in [0.15, 0.2) is 0 Å². The van der Waals surface area contributed by atoms with Gasteiger partial charge in [-0.2, -0.15) is 0 Å². The summed E-state index contributed by atoms with van der Waals surface area (Å²) in [5.41, 5.74) is 1.07. The first-order chi connectivity index (χ1) is 5.70. The summed E-state index contributed by atoms with van der Waals surface area (Å²) in [6.07, 6.45) is 4.69. The van der Waals surface area contributed by atoms with Crippen LogP contribution >= 0.6 is 0 Å². The Hall–Kier alpha value is -1.02. The highest BCUT2D eigenvalue weighted by molar-refractivity contribution is 5.21. The van der Waals surface area contributed by atoms with Crippen molar-refractivity contribution in [3.8, 4) is 0 Å². The number of nitrogens with one attached hydrogen (secondary N) is 1. The van der Waals surface area contributed by atoms with Gasteiger partial charge in [-0.25, -0.2) is 0 Å². The lowest BCUT2D eigenvalue weighted by atomic mass is 10.2. The average Bonchev–Trinajstić information content (AvgIpc) is 2.10. The predicted molar refractivity (Wildman–Crippen MR) is 53.0 cm³/mol. The van der Waals surface area contributed by atoms with Crippen LogP contribution in [0.25, 0.3) is 0 Å². The minimum Gasteiger partial charge on any atom is -0.497 e. The summed E-state index contributed by atoms with van der Waals surface area (Å²) in [5, 5.41) is 3.05. The second kappa shape index (κ2) is 6.68. The molecule has 0 spiro atoms. The van der Waals surface area contributed by atoms with Crippen molar-refractivity contribution in [3.63, 3.8) is 0 Å². The molecule has 0 fully saturated rings.